The molecule has 1 aromatic rings. The van der Waals surface area contributed by atoms with Gasteiger partial charge in [-0.25, -0.2) is 4.98 Å². The normalized spacial score (nSPS) is 15.0. The first kappa shape index (κ1) is 16.3. The first-order valence-corrected chi connectivity index (χ1v) is 7.81. The number of nitrogens with one attached hydrogen (secondary N) is 1. The number of aromatic nitrogens is 1. The molecule has 1 saturated heterocycles. The van der Waals surface area contributed by atoms with E-state index in [9.17, 15) is 9.59 Å². The topological polar surface area (TPSA) is 65.5 Å². The molecular weight excluding hydrogens is 280 g/mol. The number of hydrogen-bond donors (Lipinski definition) is 1. The molecule has 2 rings (SSSR count). The molecule has 1 aliphatic rings. The van der Waals surface area contributed by atoms with E-state index in [-0.39, 0.29) is 0 Å². The van der Waals surface area contributed by atoms with Gasteiger partial charge in [-0.3, -0.25) is 9.59 Å². The zero-order valence-corrected chi connectivity index (χ0v) is 13.3. The van der Waals surface area contributed by atoms with Crippen LogP contribution >= 0.6 is 0 Å². The monoisotopic (exact) mass is 304 g/mol. The lowest BCUT2D eigenvalue weighted by Gasteiger charge is -2.35. The molecule has 2 amide bonds. The van der Waals surface area contributed by atoms with E-state index in [1.807, 2.05) is 18.2 Å². The quantitative estimate of drug-likeness (QED) is 0.839. The van der Waals surface area contributed by atoms with Crippen LogP contribution in [0, 0.1) is 5.92 Å². The first-order chi connectivity index (χ1) is 10.6. The second-order valence-electron chi connectivity index (χ2n) is 5.91. The summed E-state index contributed by atoms with van der Waals surface area (Å²) in [7, 11) is 0. The van der Waals surface area contributed by atoms with E-state index in [4.69, 9.17) is 0 Å². The van der Waals surface area contributed by atoms with Crippen LogP contribution in [0.4, 0.5) is 5.82 Å². The summed E-state index contributed by atoms with van der Waals surface area (Å²) in [5, 5.41) is 2.70. The molecule has 0 atom stereocenters. The van der Waals surface area contributed by atoms with Gasteiger partial charge in [-0.2, -0.15) is 0 Å². The molecule has 1 N–H and O–H groups in total. The highest BCUT2D eigenvalue weighted by Crippen LogP contribution is 2.12. The van der Waals surface area contributed by atoms with Crippen molar-refractivity contribution in [1.29, 1.82) is 0 Å². The Morgan fingerprint density at radius 2 is 1.95 bits per heavy atom. The maximum Gasteiger partial charge on any atom is 0.312 e. The van der Waals surface area contributed by atoms with Gasteiger partial charge in [0.1, 0.15) is 5.82 Å². The summed E-state index contributed by atoms with van der Waals surface area (Å²) in [5.74, 6) is 0.504. The number of nitrogens with zero attached hydrogens (tertiary/aromatic N) is 3. The molecule has 0 aromatic carbocycles. The molecular formula is C16H24N4O2. The van der Waals surface area contributed by atoms with Gasteiger partial charge in [-0.1, -0.05) is 19.9 Å². The Morgan fingerprint density at radius 3 is 2.55 bits per heavy atom. The minimum absolute atomic E-state index is 0.426. The zero-order valence-electron chi connectivity index (χ0n) is 13.3. The first-order valence-electron chi connectivity index (χ1n) is 7.81. The van der Waals surface area contributed by atoms with E-state index < -0.39 is 11.8 Å². The van der Waals surface area contributed by atoms with Crippen LogP contribution in [0.5, 0.6) is 0 Å². The fraction of sp³-hybridized carbons (Fsp3) is 0.562. The van der Waals surface area contributed by atoms with Crippen molar-refractivity contribution in [3.05, 3.63) is 24.4 Å². The van der Waals surface area contributed by atoms with Crippen molar-refractivity contribution in [2.75, 3.05) is 37.6 Å². The van der Waals surface area contributed by atoms with Crippen molar-refractivity contribution in [2.45, 2.75) is 20.3 Å². The molecule has 22 heavy (non-hydrogen) atoms. The van der Waals surface area contributed by atoms with Crippen LogP contribution in [0.2, 0.25) is 0 Å². The molecule has 0 radical (unpaired) electrons. The fourth-order valence-corrected chi connectivity index (χ4v) is 2.37. The molecule has 1 aromatic heterocycles. The van der Waals surface area contributed by atoms with Crippen molar-refractivity contribution < 1.29 is 9.59 Å². The summed E-state index contributed by atoms with van der Waals surface area (Å²) < 4.78 is 0. The minimum Gasteiger partial charge on any atom is -0.353 e. The third-order valence-corrected chi connectivity index (χ3v) is 3.74. The van der Waals surface area contributed by atoms with Crippen LogP contribution in [0.25, 0.3) is 0 Å². The van der Waals surface area contributed by atoms with Gasteiger partial charge >= 0.3 is 11.8 Å². The average molecular weight is 304 g/mol. The van der Waals surface area contributed by atoms with Crippen LogP contribution in [-0.2, 0) is 9.59 Å². The maximum absolute atomic E-state index is 12.1. The number of piperazine rings is 1. The molecule has 2 heterocycles. The molecule has 0 spiro atoms. The van der Waals surface area contributed by atoms with Crippen molar-refractivity contribution in [1.82, 2.24) is 15.2 Å². The zero-order chi connectivity index (χ0) is 15.9. The smallest absolute Gasteiger partial charge is 0.312 e. The number of carbonyl (C=O) groups excluding carboxylic acids is 2. The van der Waals surface area contributed by atoms with Gasteiger partial charge in [0, 0.05) is 38.9 Å². The van der Waals surface area contributed by atoms with Crippen molar-refractivity contribution in [2.24, 2.45) is 5.92 Å². The number of pyridine rings is 1. The molecule has 0 saturated carbocycles. The predicted molar refractivity (Wildman–Crippen MR) is 85.5 cm³/mol. The Hall–Kier alpha value is -2.11. The van der Waals surface area contributed by atoms with Gasteiger partial charge in [0.25, 0.3) is 0 Å². The summed E-state index contributed by atoms with van der Waals surface area (Å²) in [5.41, 5.74) is 0. The molecule has 6 heteroatoms. The highest BCUT2D eigenvalue weighted by Gasteiger charge is 2.26. The van der Waals surface area contributed by atoms with Crippen LogP contribution < -0.4 is 10.2 Å². The average Bonchev–Trinajstić information content (AvgIpc) is 2.54. The summed E-state index contributed by atoms with van der Waals surface area (Å²) in [4.78, 5) is 32.0. The summed E-state index contributed by atoms with van der Waals surface area (Å²) in [6.07, 6.45) is 2.64. The van der Waals surface area contributed by atoms with E-state index in [1.54, 1.807) is 11.1 Å². The summed E-state index contributed by atoms with van der Waals surface area (Å²) in [6.45, 7) is 7.22. The van der Waals surface area contributed by atoms with E-state index >= 15 is 0 Å². The van der Waals surface area contributed by atoms with Gasteiger partial charge in [-0.15, -0.1) is 0 Å². The lowest BCUT2D eigenvalue weighted by molar-refractivity contribution is -0.146. The van der Waals surface area contributed by atoms with Crippen LogP contribution in [0.1, 0.15) is 20.3 Å². The van der Waals surface area contributed by atoms with E-state index in [2.05, 4.69) is 29.0 Å². The SMILES string of the molecule is CC(C)CCNC(=O)C(=O)N1CCN(c2ccccn2)CC1. The molecule has 0 bridgehead atoms. The number of hydrogen-bond acceptors (Lipinski definition) is 4. The number of anilines is 1. The molecule has 0 aliphatic carbocycles. The Bertz CT molecular complexity index is 496. The standard InChI is InChI=1S/C16H24N4O2/c1-13(2)6-8-18-15(21)16(22)20-11-9-19(10-12-20)14-5-3-4-7-17-14/h3-5,7,13H,6,8-12H2,1-2H3,(H,18,21). The van der Waals surface area contributed by atoms with Gasteiger partial charge in [-0.05, 0) is 24.5 Å². The third kappa shape index (κ3) is 4.44. The largest absolute Gasteiger partial charge is 0.353 e. The lowest BCUT2D eigenvalue weighted by Crippen LogP contribution is -2.53. The van der Waals surface area contributed by atoms with Gasteiger partial charge in [0.05, 0.1) is 0 Å². The highest BCUT2D eigenvalue weighted by atomic mass is 16.2. The number of amides is 2. The van der Waals surface area contributed by atoms with E-state index in [1.165, 1.54) is 0 Å². The Balaban J connectivity index is 1.78. The maximum atomic E-state index is 12.1. The van der Waals surface area contributed by atoms with Gasteiger partial charge in [0.15, 0.2) is 0 Å². The molecule has 120 valence electrons. The lowest BCUT2D eigenvalue weighted by atomic mass is 10.1. The van der Waals surface area contributed by atoms with Crippen molar-refractivity contribution in [3.63, 3.8) is 0 Å². The van der Waals surface area contributed by atoms with Crippen molar-refractivity contribution >= 4 is 17.6 Å². The number of carbonyl (C=O) groups is 2. The Labute approximate surface area is 131 Å². The summed E-state index contributed by atoms with van der Waals surface area (Å²) >= 11 is 0. The van der Waals surface area contributed by atoms with E-state index in [0.29, 0.717) is 38.6 Å². The summed E-state index contributed by atoms with van der Waals surface area (Å²) in [6, 6.07) is 5.78. The Kier molecular flexibility index (Phi) is 5.75. The van der Waals surface area contributed by atoms with Gasteiger partial charge < -0.3 is 15.1 Å². The molecule has 1 aliphatic heterocycles. The Morgan fingerprint density at radius 1 is 1.23 bits per heavy atom. The van der Waals surface area contributed by atoms with Crippen LogP contribution in [0.3, 0.4) is 0 Å². The predicted octanol–water partition coefficient (Wildman–Crippen LogP) is 0.892. The van der Waals surface area contributed by atoms with Gasteiger partial charge in [0.2, 0.25) is 0 Å². The van der Waals surface area contributed by atoms with E-state index in [0.717, 1.165) is 12.2 Å². The fourth-order valence-electron chi connectivity index (χ4n) is 2.37. The third-order valence-electron chi connectivity index (χ3n) is 3.74. The molecule has 0 unspecified atom stereocenters. The molecule has 6 nitrogen and oxygen atoms in total. The molecule has 1 fully saturated rings. The second kappa shape index (κ2) is 7.77. The van der Waals surface area contributed by atoms with Crippen LogP contribution in [-0.4, -0.2) is 54.4 Å². The van der Waals surface area contributed by atoms with Crippen LogP contribution in [0.15, 0.2) is 24.4 Å². The van der Waals surface area contributed by atoms with Crippen molar-refractivity contribution in [3.8, 4) is 0 Å². The number of rotatable bonds is 4. The minimum atomic E-state index is -0.494. The highest BCUT2D eigenvalue weighted by molar-refractivity contribution is 6.35. The second-order valence-corrected chi connectivity index (χ2v) is 5.91.